The topological polar surface area (TPSA) is 193 Å². The molecule has 3 aliphatic carbocycles. The zero-order valence-electron chi connectivity index (χ0n) is 19.2. The Labute approximate surface area is 205 Å². The number of nitrogens with zero attached hydrogens (tertiary/aromatic N) is 1. The molecular weight excluding hydrogens is 476 g/mol. The number of phenols is 1. The molecule has 12 heteroatoms. The van der Waals surface area contributed by atoms with Gasteiger partial charge in [0.2, 0.25) is 5.91 Å². The third kappa shape index (κ3) is 3.59. The Morgan fingerprint density at radius 3 is 2.43 bits per heavy atom. The van der Waals surface area contributed by atoms with E-state index < -0.39 is 58.3 Å². The molecule has 2 fully saturated rings. The van der Waals surface area contributed by atoms with Crippen LogP contribution in [0, 0.1) is 23.7 Å². The molecule has 5 atom stereocenters. The minimum Gasteiger partial charge on any atom is -0.507 e. The SMILES string of the molecule is CN(C)c1cc(CNC(N)=S)c(O)c2c1C[C@H]1C[C@H]3CC(=O)C(C(N)=O)C(=O)[C@@]3(O)C(=O)C1C2=O. The Morgan fingerprint density at radius 2 is 1.86 bits per heavy atom. The van der Waals surface area contributed by atoms with E-state index in [1.165, 1.54) is 0 Å². The van der Waals surface area contributed by atoms with E-state index in [0.717, 1.165) is 0 Å². The quantitative estimate of drug-likeness (QED) is 0.243. The lowest BCUT2D eigenvalue weighted by atomic mass is 9.53. The number of primary amides is 1. The molecule has 186 valence electrons. The number of thiocarbonyl (C=S) groups is 1. The standard InChI is InChI=1S/C23H26N4O7S/c1-27(2)12-5-9(7-26-22(25)35)17(29)15-11(12)4-8-3-10-6-13(28)16(21(24)33)20(32)23(10,34)19(31)14(8)18(15)30/h5,8,10,14,16,29,34H,3-4,6-7H2,1-2H3,(H2,24,33)(H3,25,26,35)/t8-,10+,14?,16?,23+/m1/s1. The number of carbonyl (C=O) groups excluding carboxylic acids is 5. The van der Waals surface area contributed by atoms with Gasteiger partial charge in [0.25, 0.3) is 0 Å². The van der Waals surface area contributed by atoms with Crippen molar-refractivity contribution >= 4 is 52.1 Å². The molecule has 0 spiro atoms. The number of nitrogens with two attached hydrogens (primary N) is 2. The van der Waals surface area contributed by atoms with Crippen molar-refractivity contribution in [3.05, 3.63) is 22.8 Å². The molecule has 0 aromatic heterocycles. The molecule has 2 saturated carbocycles. The summed E-state index contributed by atoms with van der Waals surface area (Å²) in [6.07, 6.45) is -0.129. The number of aliphatic hydroxyl groups is 1. The van der Waals surface area contributed by atoms with Gasteiger partial charge in [-0.1, -0.05) is 0 Å². The lowest BCUT2D eigenvalue weighted by Gasteiger charge is -2.48. The van der Waals surface area contributed by atoms with E-state index in [1.54, 1.807) is 25.1 Å². The zero-order valence-corrected chi connectivity index (χ0v) is 20.0. The monoisotopic (exact) mass is 502 g/mol. The van der Waals surface area contributed by atoms with Crippen LogP contribution in [0.2, 0.25) is 0 Å². The van der Waals surface area contributed by atoms with Crippen LogP contribution in [0.25, 0.3) is 0 Å². The minimum absolute atomic E-state index is 0.00926. The summed E-state index contributed by atoms with van der Waals surface area (Å²) in [4.78, 5) is 66.2. The molecule has 1 aromatic rings. The average molecular weight is 503 g/mol. The Hall–Kier alpha value is -3.38. The third-order valence-corrected chi connectivity index (χ3v) is 7.54. The van der Waals surface area contributed by atoms with Gasteiger partial charge >= 0.3 is 0 Å². The maximum atomic E-state index is 13.7. The van der Waals surface area contributed by atoms with Crippen molar-refractivity contribution in [3.63, 3.8) is 0 Å². The number of rotatable bonds is 4. The molecule has 3 aliphatic rings. The molecule has 0 radical (unpaired) electrons. The molecule has 1 amide bonds. The van der Waals surface area contributed by atoms with E-state index in [1.807, 2.05) is 0 Å². The van der Waals surface area contributed by atoms with Gasteiger partial charge in [0.05, 0.1) is 11.5 Å². The largest absolute Gasteiger partial charge is 0.507 e. The van der Waals surface area contributed by atoms with Crippen molar-refractivity contribution < 1.29 is 34.2 Å². The molecule has 11 nitrogen and oxygen atoms in total. The molecule has 0 aliphatic heterocycles. The van der Waals surface area contributed by atoms with E-state index in [0.29, 0.717) is 16.8 Å². The minimum atomic E-state index is -2.67. The van der Waals surface area contributed by atoms with Crippen molar-refractivity contribution in [1.82, 2.24) is 5.32 Å². The molecular formula is C23H26N4O7S. The molecule has 0 heterocycles. The molecule has 7 N–H and O–H groups in total. The first-order valence-corrected chi connectivity index (χ1v) is 11.5. The summed E-state index contributed by atoms with van der Waals surface area (Å²) in [5, 5.41) is 25.0. The van der Waals surface area contributed by atoms with Gasteiger partial charge in [-0.15, -0.1) is 0 Å². The number of nitrogens with one attached hydrogen (secondary N) is 1. The predicted molar refractivity (Wildman–Crippen MR) is 126 cm³/mol. The van der Waals surface area contributed by atoms with Crippen molar-refractivity contribution in [1.29, 1.82) is 0 Å². The number of aromatic hydroxyl groups is 1. The van der Waals surface area contributed by atoms with Gasteiger partial charge in [-0.05, 0) is 42.6 Å². The molecule has 1 aromatic carbocycles. The van der Waals surface area contributed by atoms with Gasteiger partial charge in [-0.3, -0.25) is 24.0 Å². The van der Waals surface area contributed by atoms with Gasteiger partial charge in [-0.25, -0.2) is 0 Å². The molecule has 4 rings (SSSR count). The number of Topliss-reactive ketones (excluding diaryl/α,β-unsaturated/α-hetero) is 4. The highest BCUT2D eigenvalue weighted by atomic mass is 32.1. The lowest BCUT2D eigenvalue weighted by molar-refractivity contribution is -0.175. The summed E-state index contributed by atoms with van der Waals surface area (Å²) in [5.74, 6) is -10.4. The highest BCUT2D eigenvalue weighted by Crippen LogP contribution is 2.51. The number of ketones is 4. The van der Waals surface area contributed by atoms with E-state index in [4.69, 9.17) is 23.7 Å². The van der Waals surface area contributed by atoms with Crippen molar-refractivity contribution in [2.75, 3.05) is 19.0 Å². The summed E-state index contributed by atoms with van der Waals surface area (Å²) >= 11 is 4.82. The number of amides is 1. The van der Waals surface area contributed by atoms with Crippen molar-refractivity contribution in [2.45, 2.75) is 31.4 Å². The Morgan fingerprint density at radius 1 is 1.20 bits per heavy atom. The van der Waals surface area contributed by atoms with Gasteiger partial charge in [0, 0.05) is 44.2 Å². The second-order valence-electron chi connectivity index (χ2n) is 9.61. The van der Waals surface area contributed by atoms with Gasteiger partial charge in [0.1, 0.15) is 5.75 Å². The van der Waals surface area contributed by atoms with Crippen LogP contribution in [-0.4, -0.2) is 64.1 Å². The number of benzene rings is 1. The molecule has 2 unspecified atom stereocenters. The number of anilines is 1. The maximum Gasteiger partial charge on any atom is 0.235 e. The Kier molecular flexibility index (Phi) is 5.92. The average Bonchev–Trinajstić information content (AvgIpc) is 2.75. The fourth-order valence-electron chi connectivity index (χ4n) is 5.79. The first-order valence-electron chi connectivity index (χ1n) is 11.1. The van der Waals surface area contributed by atoms with E-state index >= 15 is 0 Å². The van der Waals surface area contributed by atoms with E-state index in [9.17, 15) is 34.2 Å². The molecule has 35 heavy (non-hydrogen) atoms. The molecule has 0 bridgehead atoms. The summed E-state index contributed by atoms with van der Waals surface area (Å²) < 4.78 is 0. The summed E-state index contributed by atoms with van der Waals surface area (Å²) in [7, 11) is 3.53. The second kappa shape index (κ2) is 8.38. The summed E-state index contributed by atoms with van der Waals surface area (Å²) in [6.45, 7) is 0.0253. The highest BCUT2D eigenvalue weighted by molar-refractivity contribution is 7.80. The molecule has 0 saturated heterocycles. The number of fused-ring (bicyclic) bond motifs is 3. The fourth-order valence-corrected chi connectivity index (χ4v) is 5.86. The first kappa shape index (κ1) is 24.7. The first-order chi connectivity index (χ1) is 16.3. The number of carbonyl (C=O) groups is 5. The van der Waals surface area contributed by atoms with Crippen LogP contribution in [0.5, 0.6) is 5.75 Å². The summed E-state index contributed by atoms with van der Waals surface area (Å²) in [5.41, 5.74) is 9.43. The smallest absolute Gasteiger partial charge is 0.235 e. The van der Waals surface area contributed by atoms with Gasteiger partial charge in [0.15, 0.2) is 39.8 Å². The van der Waals surface area contributed by atoms with Crippen molar-refractivity contribution in [3.8, 4) is 5.75 Å². The Balaban J connectivity index is 1.83. The van der Waals surface area contributed by atoms with Crippen LogP contribution in [0.15, 0.2) is 6.07 Å². The number of hydrogen-bond donors (Lipinski definition) is 5. The van der Waals surface area contributed by atoms with Crippen LogP contribution in [-0.2, 0) is 32.1 Å². The van der Waals surface area contributed by atoms with Gasteiger partial charge in [-0.2, -0.15) is 0 Å². The number of hydrogen-bond acceptors (Lipinski definition) is 9. The Bertz CT molecular complexity index is 1210. The summed E-state index contributed by atoms with van der Waals surface area (Å²) in [6, 6.07) is 1.69. The van der Waals surface area contributed by atoms with Crippen LogP contribution < -0.4 is 21.7 Å². The third-order valence-electron chi connectivity index (χ3n) is 7.39. The van der Waals surface area contributed by atoms with Crippen molar-refractivity contribution in [2.24, 2.45) is 35.1 Å². The van der Waals surface area contributed by atoms with Crippen LogP contribution >= 0.6 is 12.2 Å². The second-order valence-corrected chi connectivity index (χ2v) is 10.0. The number of phenolic OH excluding ortho intramolecular Hbond substituents is 1. The van der Waals surface area contributed by atoms with Crippen LogP contribution in [0.1, 0.15) is 34.3 Å². The highest BCUT2D eigenvalue weighted by Gasteiger charge is 2.66. The van der Waals surface area contributed by atoms with Crippen LogP contribution in [0.4, 0.5) is 5.69 Å². The van der Waals surface area contributed by atoms with E-state index in [2.05, 4.69) is 5.32 Å². The van der Waals surface area contributed by atoms with E-state index in [-0.39, 0.29) is 42.2 Å². The zero-order chi connectivity index (χ0) is 26.0. The predicted octanol–water partition coefficient (Wildman–Crippen LogP) is -1.27. The fraction of sp³-hybridized carbons (Fsp3) is 0.478. The normalized spacial score (nSPS) is 29.7. The maximum absolute atomic E-state index is 13.7. The lowest BCUT2D eigenvalue weighted by Crippen LogP contribution is -2.68. The van der Waals surface area contributed by atoms with Crippen LogP contribution in [0.3, 0.4) is 0 Å². The van der Waals surface area contributed by atoms with Gasteiger partial charge < -0.3 is 31.9 Å².